The van der Waals surface area contributed by atoms with E-state index in [2.05, 4.69) is 32.0 Å². The van der Waals surface area contributed by atoms with Gasteiger partial charge in [-0.1, -0.05) is 18.2 Å². The Morgan fingerprint density at radius 3 is 2.35 bits per heavy atom. The Balaban J connectivity index is 1.53. The van der Waals surface area contributed by atoms with Gasteiger partial charge in [0.25, 0.3) is 0 Å². The van der Waals surface area contributed by atoms with Crippen LogP contribution in [0.1, 0.15) is 43.2 Å². The number of carbonyl (C=O) groups excluding carboxylic acids is 1. The Bertz CT molecular complexity index is 544. The Labute approximate surface area is 139 Å². The van der Waals surface area contributed by atoms with Crippen molar-refractivity contribution in [3.05, 3.63) is 29.3 Å². The van der Waals surface area contributed by atoms with Crippen LogP contribution in [0.25, 0.3) is 0 Å². The molecule has 4 nitrogen and oxygen atoms in total. The molecular weight excluding hydrogens is 288 g/mol. The molecule has 2 N–H and O–H groups in total. The fourth-order valence-corrected chi connectivity index (χ4v) is 3.84. The molecule has 2 fully saturated rings. The molecule has 2 atom stereocenters. The highest BCUT2D eigenvalue weighted by molar-refractivity contribution is 5.79. The molecule has 1 aliphatic heterocycles. The molecular formula is C19H28N2O2. The van der Waals surface area contributed by atoms with Gasteiger partial charge in [0.05, 0.1) is 0 Å². The Morgan fingerprint density at radius 2 is 1.78 bits per heavy atom. The lowest BCUT2D eigenvalue weighted by Gasteiger charge is -2.34. The zero-order chi connectivity index (χ0) is 16.4. The van der Waals surface area contributed by atoms with Gasteiger partial charge in [0.15, 0.2) is 0 Å². The van der Waals surface area contributed by atoms with E-state index in [0.717, 1.165) is 50.9 Å². The van der Waals surface area contributed by atoms with E-state index in [1.807, 2.05) is 4.90 Å². The molecule has 126 valence electrons. The molecule has 1 saturated heterocycles. The van der Waals surface area contributed by atoms with Gasteiger partial charge in [0.1, 0.15) is 11.9 Å². The second-order valence-corrected chi connectivity index (χ2v) is 7.13. The average Bonchev–Trinajstić information content (AvgIpc) is 2.97. The van der Waals surface area contributed by atoms with Gasteiger partial charge in [-0.25, -0.2) is 0 Å². The van der Waals surface area contributed by atoms with Gasteiger partial charge in [-0.15, -0.1) is 0 Å². The van der Waals surface area contributed by atoms with E-state index in [0.29, 0.717) is 5.91 Å². The van der Waals surface area contributed by atoms with Crippen LogP contribution in [-0.2, 0) is 4.79 Å². The van der Waals surface area contributed by atoms with E-state index in [9.17, 15) is 4.79 Å². The third kappa shape index (κ3) is 3.69. The maximum Gasteiger partial charge on any atom is 0.225 e. The van der Waals surface area contributed by atoms with Crippen molar-refractivity contribution < 1.29 is 9.53 Å². The predicted octanol–water partition coefficient (Wildman–Crippen LogP) is 2.80. The van der Waals surface area contributed by atoms with Crippen molar-refractivity contribution in [3.63, 3.8) is 0 Å². The highest BCUT2D eigenvalue weighted by Gasteiger charge is 2.33. The number of benzene rings is 1. The van der Waals surface area contributed by atoms with E-state index in [4.69, 9.17) is 10.5 Å². The summed E-state index contributed by atoms with van der Waals surface area (Å²) in [6.45, 7) is 5.79. The van der Waals surface area contributed by atoms with Crippen molar-refractivity contribution in [3.8, 4) is 5.75 Å². The summed E-state index contributed by atoms with van der Waals surface area (Å²) in [5.74, 6) is 1.48. The van der Waals surface area contributed by atoms with Gasteiger partial charge in [-0.2, -0.15) is 0 Å². The molecule has 3 rings (SSSR count). The summed E-state index contributed by atoms with van der Waals surface area (Å²) in [7, 11) is 0. The minimum Gasteiger partial charge on any atom is -0.490 e. The molecule has 2 aliphatic rings. The van der Waals surface area contributed by atoms with Gasteiger partial charge < -0.3 is 15.4 Å². The Kier molecular flexibility index (Phi) is 4.90. The Morgan fingerprint density at radius 1 is 1.13 bits per heavy atom. The highest BCUT2D eigenvalue weighted by Crippen LogP contribution is 2.29. The van der Waals surface area contributed by atoms with Gasteiger partial charge >= 0.3 is 0 Å². The van der Waals surface area contributed by atoms with E-state index in [1.54, 1.807) is 0 Å². The Hall–Kier alpha value is -1.55. The first-order valence-corrected chi connectivity index (χ1v) is 8.82. The lowest BCUT2D eigenvalue weighted by atomic mass is 10.0. The molecule has 1 aliphatic carbocycles. The molecule has 0 aromatic heterocycles. The third-order valence-electron chi connectivity index (χ3n) is 5.27. The third-order valence-corrected chi connectivity index (χ3v) is 5.27. The average molecular weight is 316 g/mol. The maximum absolute atomic E-state index is 12.5. The van der Waals surface area contributed by atoms with Crippen LogP contribution in [0.2, 0.25) is 0 Å². The fraction of sp³-hybridized carbons (Fsp3) is 0.632. The standard InChI is InChI=1S/C19H28N2O2/c1-13-4-3-5-14(2)18(13)23-17-8-10-21(11-9-17)19(22)15-6-7-16(20)12-15/h3-5,15-17H,6-12,20H2,1-2H3/t15-,16-/m1/s1. The van der Waals surface area contributed by atoms with Gasteiger partial charge in [0.2, 0.25) is 5.91 Å². The molecule has 1 saturated carbocycles. The zero-order valence-corrected chi connectivity index (χ0v) is 14.3. The molecule has 1 heterocycles. The van der Waals surface area contributed by atoms with Crippen molar-refractivity contribution in [1.82, 2.24) is 4.90 Å². The zero-order valence-electron chi connectivity index (χ0n) is 14.3. The largest absolute Gasteiger partial charge is 0.490 e. The number of para-hydroxylation sites is 1. The lowest BCUT2D eigenvalue weighted by Crippen LogP contribution is -2.44. The maximum atomic E-state index is 12.5. The monoisotopic (exact) mass is 316 g/mol. The first-order chi connectivity index (χ1) is 11.0. The second kappa shape index (κ2) is 6.91. The van der Waals surface area contributed by atoms with Crippen LogP contribution in [0.3, 0.4) is 0 Å². The number of carbonyl (C=O) groups is 1. The van der Waals surface area contributed by atoms with E-state index >= 15 is 0 Å². The van der Waals surface area contributed by atoms with Crippen LogP contribution >= 0.6 is 0 Å². The van der Waals surface area contributed by atoms with Gasteiger partial charge in [-0.3, -0.25) is 4.79 Å². The second-order valence-electron chi connectivity index (χ2n) is 7.13. The quantitative estimate of drug-likeness (QED) is 0.933. The smallest absolute Gasteiger partial charge is 0.225 e. The number of piperidine rings is 1. The van der Waals surface area contributed by atoms with Crippen LogP contribution in [-0.4, -0.2) is 36.0 Å². The normalized spacial score (nSPS) is 25.6. The van der Waals surface area contributed by atoms with Crippen molar-refractivity contribution in [2.45, 2.75) is 58.1 Å². The molecule has 23 heavy (non-hydrogen) atoms. The minimum atomic E-state index is 0.154. The number of nitrogens with two attached hydrogens (primary N) is 1. The summed E-state index contributed by atoms with van der Waals surface area (Å²) < 4.78 is 6.23. The van der Waals surface area contributed by atoms with Crippen LogP contribution in [0.4, 0.5) is 0 Å². The summed E-state index contributed by atoms with van der Waals surface area (Å²) in [6, 6.07) is 6.45. The fourth-order valence-electron chi connectivity index (χ4n) is 3.84. The predicted molar refractivity (Wildman–Crippen MR) is 91.5 cm³/mol. The van der Waals surface area contributed by atoms with Crippen LogP contribution in [0, 0.1) is 19.8 Å². The summed E-state index contributed by atoms with van der Waals surface area (Å²) >= 11 is 0. The first-order valence-electron chi connectivity index (χ1n) is 8.82. The minimum absolute atomic E-state index is 0.154. The number of likely N-dealkylation sites (tertiary alicyclic amines) is 1. The van der Waals surface area contributed by atoms with Gasteiger partial charge in [0, 0.05) is 37.9 Å². The summed E-state index contributed by atoms with van der Waals surface area (Å²) in [5, 5.41) is 0. The number of aryl methyl sites for hydroxylation is 2. The number of hydrogen-bond acceptors (Lipinski definition) is 3. The summed E-state index contributed by atoms with van der Waals surface area (Å²) in [6.07, 6.45) is 4.85. The van der Waals surface area contributed by atoms with Crippen LogP contribution in [0.5, 0.6) is 5.75 Å². The van der Waals surface area contributed by atoms with Crippen LogP contribution < -0.4 is 10.5 Å². The summed E-state index contributed by atoms with van der Waals surface area (Å²) in [5.41, 5.74) is 8.31. The topological polar surface area (TPSA) is 55.6 Å². The SMILES string of the molecule is Cc1cccc(C)c1OC1CCN(C(=O)[C@@H]2CC[C@@H](N)C2)CC1. The van der Waals surface area contributed by atoms with Crippen molar-refractivity contribution in [1.29, 1.82) is 0 Å². The van der Waals surface area contributed by atoms with Crippen molar-refractivity contribution >= 4 is 5.91 Å². The highest BCUT2D eigenvalue weighted by atomic mass is 16.5. The molecule has 1 amide bonds. The molecule has 1 aromatic rings. The summed E-state index contributed by atoms with van der Waals surface area (Å²) in [4.78, 5) is 14.6. The molecule has 0 bridgehead atoms. The molecule has 0 radical (unpaired) electrons. The van der Waals surface area contributed by atoms with Crippen molar-refractivity contribution in [2.75, 3.05) is 13.1 Å². The number of ether oxygens (including phenoxy) is 1. The molecule has 0 spiro atoms. The van der Waals surface area contributed by atoms with Crippen molar-refractivity contribution in [2.24, 2.45) is 11.7 Å². The number of amides is 1. The van der Waals surface area contributed by atoms with E-state index < -0.39 is 0 Å². The molecule has 1 aromatic carbocycles. The molecule has 0 unspecified atom stereocenters. The number of hydrogen-bond donors (Lipinski definition) is 1. The first kappa shape index (κ1) is 16.3. The van der Waals surface area contributed by atoms with E-state index in [-0.39, 0.29) is 18.1 Å². The number of nitrogens with zero attached hydrogens (tertiary/aromatic N) is 1. The number of rotatable bonds is 3. The lowest BCUT2D eigenvalue weighted by molar-refractivity contribution is -0.137. The van der Waals surface area contributed by atoms with Gasteiger partial charge in [-0.05, 0) is 44.2 Å². The molecule has 4 heteroatoms. The van der Waals surface area contributed by atoms with Crippen LogP contribution in [0.15, 0.2) is 18.2 Å². The van der Waals surface area contributed by atoms with E-state index in [1.165, 1.54) is 11.1 Å².